The number of carbonyl (C=O) groups excluding carboxylic acids is 1. The highest BCUT2D eigenvalue weighted by Gasteiger charge is 2.27. The average Bonchev–Trinajstić information content (AvgIpc) is 2.67. The van der Waals surface area contributed by atoms with Gasteiger partial charge in [0.2, 0.25) is 0 Å². The van der Waals surface area contributed by atoms with Gasteiger partial charge < -0.3 is 14.5 Å². The summed E-state index contributed by atoms with van der Waals surface area (Å²) in [5.41, 5.74) is 0. The zero-order valence-corrected chi connectivity index (χ0v) is 16.2. The lowest BCUT2D eigenvalue weighted by Crippen LogP contribution is -2.47. The summed E-state index contributed by atoms with van der Waals surface area (Å²) >= 11 is 0. The maximum atomic E-state index is 12.9. The van der Waals surface area contributed by atoms with Crippen LogP contribution in [0.5, 0.6) is 5.75 Å². The highest BCUT2D eigenvalue weighted by molar-refractivity contribution is 5.85. The maximum Gasteiger partial charge on any atom is 0.260 e. The van der Waals surface area contributed by atoms with Gasteiger partial charge in [-0.2, -0.15) is 0 Å². The first-order valence-corrected chi connectivity index (χ1v) is 9.62. The first-order valence-electron chi connectivity index (χ1n) is 9.62. The molecule has 1 amide bonds. The molecule has 0 saturated carbocycles. The lowest BCUT2D eigenvalue weighted by Gasteiger charge is -2.37. The Morgan fingerprint density at radius 1 is 1.04 bits per heavy atom. The number of benzene rings is 1. The van der Waals surface area contributed by atoms with Gasteiger partial charge in [0.05, 0.1) is 0 Å². The van der Waals surface area contributed by atoms with Gasteiger partial charge in [-0.15, -0.1) is 12.4 Å². The molecule has 146 valence electrons. The van der Waals surface area contributed by atoms with Crippen LogP contribution in [0.1, 0.15) is 44.9 Å². The van der Waals surface area contributed by atoms with Gasteiger partial charge in [0, 0.05) is 19.1 Å². The third kappa shape index (κ3) is 6.13. The fourth-order valence-electron chi connectivity index (χ4n) is 3.90. The third-order valence-electron chi connectivity index (χ3n) is 5.35. The Kier molecular flexibility index (Phi) is 8.66. The van der Waals surface area contributed by atoms with Crippen molar-refractivity contribution in [1.29, 1.82) is 0 Å². The van der Waals surface area contributed by atoms with Crippen molar-refractivity contribution in [3.8, 4) is 5.75 Å². The number of hydrogen-bond acceptors (Lipinski definition) is 3. The number of rotatable bonds is 6. The number of likely N-dealkylation sites (tertiary alicyclic amines) is 2. The molecular weight excluding hydrogens is 355 g/mol. The molecule has 4 nitrogen and oxygen atoms in total. The van der Waals surface area contributed by atoms with Crippen molar-refractivity contribution in [2.75, 3.05) is 32.8 Å². The minimum absolute atomic E-state index is 0. The summed E-state index contributed by atoms with van der Waals surface area (Å²) in [6.07, 6.45) is 8.39. The Morgan fingerprint density at radius 3 is 2.46 bits per heavy atom. The first-order chi connectivity index (χ1) is 12.2. The monoisotopic (exact) mass is 384 g/mol. The van der Waals surface area contributed by atoms with Crippen LogP contribution in [-0.4, -0.2) is 54.5 Å². The fraction of sp³-hybridized carbons (Fsp3) is 0.650. The Labute approximate surface area is 162 Å². The quantitative estimate of drug-likeness (QED) is 0.746. The van der Waals surface area contributed by atoms with Gasteiger partial charge >= 0.3 is 0 Å². The van der Waals surface area contributed by atoms with Gasteiger partial charge in [-0.25, -0.2) is 4.39 Å². The van der Waals surface area contributed by atoms with E-state index in [9.17, 15) is 9.18 Å². The van der Waals surface area contributed by atoms with E-state index in [0.29, 0.717) is 11.8 Å². The Hall–Kier alpha value is -1.33. The van der Waals surface area contributed by atoms with Crippen LogP contribution in [0.4, 0.5) is 4.39 Å². The number of hydrogen-bond donors (Lipinski definition) is 0. The van der Waals surface area contributed by atoms with Crippen LogP contribution in [-0.2, 0) is 4.79 Å². The van der Waals surface area contributed by atoms with E-state index in [1.54, 1.807) is 12.1 Å². The molecule has 2 aliphatic heterocycles. The van der Waals surface area contributed by atoms with Crippen molar-refractivity contribution < 1.29 is 13.9 Å². The summed E-state index contributed by atoms with van der Waals surface area (Å²) in [4.78, 5) is 17.2. The van der Waals surface area contributed by atoms with Crippen molar-refractivity contribution in [1.82, 2.24) is 9.80 Å². The van der Waals surface area contributed by atoms with Crippen LogP contribution in [0.15, 0.2) is 24.3 Å². The van der Waals surface area contributed by atoms with Gasteiger partial charge in [0.15, 0.2) is 6.61 Å². The molecule has 2 heterocycles. The highest BCUT2D eigenvalue weighted by Crippen LogP contribution is 2.21. The van der Waals surface area contributed by atoms with Crippen molar-refractivity contribution in [3.05, 3.63) is 30.1 Å². The smallest absolute Gasteiger partial charge is 0.260 e. The minimum Gasteiger partial charge on any atom is -0.484 e. The van der Waals surface area contributed by atoms with Crippen molar-refractivity contribution >= 4 is 18.3 Å². The van der Waals surface area contributed by atoms with E-state index in [2.05, 4.69) is 4.90 Å². The largest absolute Gasteiger partial charge is 0.484 e. The van der Waals surface area contributed by atoms with Gasteiger partial charge in [0.1, 0.15) is 11.6 Å². The molecule has 0 aliphatic carbocycles. The first kappa shape index (κ1) is 21.0. The number of amides is 1. The van der Waals surface area contributed by atoms with Gasteiger partial charge in [-0.3, -0.25) is 4.79 Å². The summed E-state index contributed by atoms with van der Waals surface area (Å²) in [6, 6.07) is 6.16. The molecule has 1 aromatic carbocycles. The van der Waals surface area contributed by atoms with Crippen LogP contribution in [0.25, 0.3) is 0 Å². The molecular formula is C20H30ClFN2O2. The molecule has 0 spiro atoms. The molecule has 1 unspecified atom stereocenters. The molecule has 2 fully saturated rings. The van der Waals surface area contributed by atoms with Crippen molar-refractivity contribution in [2.24, 2.45) is 0 Å². The van der Waals surface area contributed by atoms with E-state index < -0.39 is 0 Å². The van der Waals surface area contributed by atoms with E-state index in [1.807, 2.05) is 4.90 Å². The van der Waals surface area contributed by atoms with E-state index in [1.165, 1.54) is 50.9 Å². The maximum absolute atomic E-state index is 12.9. The highest BCUT2D eigenvalue weighted by atomic mass is 35.5. The predicted octanol–water partition coefficient (Wildman–Crippen LogP) is 3.88. The fourth-order valence-corrected chi connectivity index (χ4v) is 3.90. The Morgan fingerprint density at radius 2 is 1.73 bits per heavy atom. The van der Waals surface area contributed by atoms with Crippen LogP contribution in [0.2, 0.25) is 0 Å². The topological polar surface area (TPSA) is 32.8 Å². The van der Waals surface area contributed by atoms with E-state index in [0.717, 1.165) is 32.4 Å². The Balaban J connectivity index is 0.00000243. The lowest BCUT2D eigenvalue weighted by molar-refractivity contribution is -0.137. The molecule has 0 N–H and O–H groups in total. The predicted molar refractivity (Wildman–Crippen MR) is 103 cm³/mol. The molecule has 2 aliphatic rings. The van der Waals surface area contributed by atoms with Crippen LogP contribution < -0.4 is 4.74 Å². The summed E-state index contributed by atoms with van der Waals surface area (Å²) in [7, 11) is 0. The van der Waals surface area contributed by atoms with Crippen LogP contribution in [0, 0.1) is 5.82 Å². The number of halogens is 2. The summed E-state index contributed by atoms with van der Waals surface area (Å²) in [5, 5.41) is 0. The van der Waals surface area contributed by atoms with E-state index in [4.69, 9.17) is 4.74 Å². The molecule has 6 heteroatoms. The molecule has 1 atom stereocenters. The molecule has 0 radical (unpaired) electrons. The number of ether oxygens (including phenoxy) is 1. The van der Waals surface area contributed by atoms with Crippen LogP contribution in [0.3, 0.4) is 0 Å². The number of carbonyl (C=O) groups is 1. The molecule has 3 rings (SSSR count). The second-order valence-corrected chi connectivity index (χ2v) is 7.17. The number of nitrogens with zero attached hydrogens (tertiary/aromatic N) is 2. The third-order valence-corrected chi connectivity index (χ3v) is 5.35. The van der Waals surface area contributed by atoms with Gasteiger partial charge in [-0.05, 0) is 75.9 Å². The SMILES string of the molecule is Cl.O=C(COc1ccc(F)cc1)N1CCCCC1CCN1CCCCC1. The average molecular weight is 385 g/mol. The molecule has 2 saturated heterocycles. The van der Waals surface area contributed by atoms with E-state index in [-0.39, 0.29) is 30.7 Å². The molecule has 0 aromatic heterocycles. The lowest BCUT2D eigenvalue weighted by atomic mass is 9.98. The zero-order valence-electron chi connectivity index (χ0n) is 15.4. The van der Waals surface area contributed by atoms with E-state index >= 15 is 0 Å². The summed E-state index contributed by atoms with van der Waals surface area (Å²) in [6.45, 7) is 4.36. The van der Waals surface area contributed by atoms with Gasteiger partial charge in [-0.1, -0.05) is 6.42 Å². The second kappa shape index (κ2) is 10.7. The van der Waals surface area contributed by atoms with Gasteiger partial charge in [0.25, 0.3) is 5.91 Å². The summed E-state index contributed by atoms with van der Waals surface area (Å²) < 4.78 is 18.5. The molecule has 26 heavy (non-hydrogen) atoms. The number of piperidine rings is 2. The minimum atomic E-state index is -0.299. The molecule has 1 aromatic rings. The zero-order chi connectivity index (χ0) is 17.5. The molecule has 0 bridgehead atoms. The summed E-state index contributed by atoms with van der Waals surface area (Å²) in [5.74, 6) is 0.289. The standard InChI is InChI=1S/C20H29FN2O2.ClH/c21-17-7-9-19(10-8-17)25-16-20(24)23-14-5-2-6-18(23)11-15-22-12-3-1-4-13-22;/h7-10,18H,1-6,11-16H2;1H. The van der Waals surface area contributed by atoms with Crippen molar-refractivity contribution in [2.45, 2.75) is 51.0 Å². The Bertz CT molecular complexity index is 549. The second-order valence-electron chi connectivity index (χ2n) is 7.17. The normalized spacial score (nSPS) is 21.1. The van der Waals surface area contributed by atoms with Crippen molar-refractivity contribution in [3.63, 3.8) is 0 Å². The van der Waals surface area contributed by atoms with Crippen LogP contribution >= 0.6 is 12.4 Å².